The number of rotatable bonds is 2. The fourth-order valence-electron chi connectivity index (χ4n) is 4.93. The van der Waals surface area contributed by atoms with Gasteiger partial charge in [0.05, 0.1) is 6.54 Å². The summed E-state index contributed by atoms with van der Waals surface area (Å²) >= 11 is 0. The minimum absolute atomic E-state index is 0.148. The van der Waals surface area contributed by atoms with Crippen molar-refractivity contribution < 1.29 is 23.4 Å². The van der Waals surface area contributed by atoms with Gasteiger partial charge >= 0.3 is 0 Å². The quantitative estimate of drug-likeness (QED) is 0.604. The Morgan fingerprint density at radius 2 is 1.70 bits per heavy atom. The lowest BCUT2D eigenvalue weighted by Gasteiger charge is -2.29. The second kappa shape index (κ2) is 10.5. The van der Waals surface area contributed by atoms with E-state index < -0.39 is 28.8 Å². The van der Waals surface area contributed by atoms with E-state index in [2.05, 4.69) is 10.6 Å². The molecule has 0 aromatic heterocycles. The number of nitrogens with zero attached hydrogens (tertiary/aromatic N) is 2. The summed E-state index contributed by atoms with van der Waals surface area (Å²) in [6.07, 6.45) is 2.98. The van der Waals surface area contributed by atoms with Crippen LogP contribution in [0.3, 0.4) is 0 Å². The Kier molecular flexibility index (Phi) is 7.42. The predicted molar refractivity (Wildman–Crippen MR) is 122 cm³/mol. The van der Waals surface area contributed by atoms with Crippen molar-refractivity contribution in [2.75, 3.05) is 31.1 Å². The predicted octanol–water partition coefficient (Wildman–Crippen LogP) is -0.426. The van der Waals surface area contributed by atoms with Gasteiger partial charge in [-0.05, 0) is 31.2 Å². The van der Waals surface area contributed by atoms with Gasteiger partial charge in [-0.2, -0.15) is 0 Å². The third-order valence-corrected chi connectivity index (χ3v) is 7.88. The van der Waals surface area contributed by atoms with Crippen LogP contribution in [-0.4, -0.2) is 86.9 Å². The molecular formula is C23H30N4O5S. The zero-order chi connectivity index (χ0) is 23.4. The third-order valence-electron chi connectivity index (χ3n) is 6.54. The van der Waals surface area contributed by atoms with Crippen molar-refractivity contribution in [1.82, 2.24) is 20.4 Å². The molecule has 0 saturated carbocycles. The van der Waals surface area contributed by atoms with Crippen LogP contribution in [0, 0.1) is 0 Å². The molecule has 3 aliphatic heterocycles. The van der Waals surface area contributed by atoms with Gasteiger partial charge < -0.3 is 20.4 Å². The Hall–Kier alpha value is -2.75. The summed E-state index contributed by atoms with van der Waals surface area (Å²) in [7, 11) is -1.47. The molecule has 1 unspecified atom stereocenters. The molecule has 0 aliphatic carbocycles. The Morgan fingerprint density at radius 1 is 0.970 bits per heavy atom. The highest BCUT2D eigenvalue weighted by molar-refractivity contribution is 7.85. The molecule has 10 heteroatoms. The fraction of sp³-hybridized carbons (Fsp3) is 0.565. The molecule has 3 saturated heterocycles. The van der Waals surface area contributed by atoms with Crippen LogP contribution < -0.4 is 10.6 Å². The lowest BCUT2D eigenvalue weighted by molar-refractivity contribution is -0.141. The zero-order valence-corrected chi connectivity index (χ0v) is 19.4. The topological polar surface area (TPSA) is 116 Å². The number of carbonyl (C=O) groups excluding carboxylic acids is 4. The van der Waals surface area contributed by atoms with Crippen molar-refractivity contribution >= 4 is 34.4 Å². The molecule has 4 rings (SSSR count). The summed E-state index contributed by atoms with van der Waals surface area (Å²) in [4.78, 5) is 55.0. The van der Waals surface area contributed by atoms with Crippen molar-refractivity contribution in [2.45, 2.75) is 50.2 Å². The molecule has 3 aliphatic rings. The van der Waals surface area contributed by atoms with E-state index in [1.54, 1.807) is 4.90 Å². The van der Waals surface area contributed by atoms with Crippen LogP contribution in [0.4, 0.5) is 0 Å². The fourth-order valence-corrected chi connectivity index (χ4v) is 6.20. The minimum atomic E-state index is -1.47. The van der Waals surface area contributed by atoms with Gasteiger partial charge in [-0.1, -0.05) is 30.3 Å². The van der Waals surface area contributed by atoms with Crippen LogP contribution in [0.25, 0.3) is 0 Å². The summed E-state index contributed by atoms with van der Waals surface area (Å²) in [5, 5.41) is 5.48. The SMILES string of the molecule is O=C1CS(=O)C[C@@H]2CCCN2C(=O)CNC(=O)[C@@H]2CCCN2C(=O)[C@H](Cc2ccccc2)N1. The van der Waals surface area contributed by atoms with E-state index in [9.17, 15) is 23.4 Å². The first-order valence-electron chi connectivity index (χ1n) is 11.5. The van der Waals surface area contributed by atoms with E-state index in [0.29, 0.717) is 25.9 Å². The molecule has 3 fully saturated rings. The number of hydrogen-bond donors (Lipinski definition) is 2. The van der Waals surface area contributed by atoms with Crippen LogP contribution in [0.2, 0.25) is 0 Å². The Labute approximate surface area is 195 Å². The summed E-state index contributed by atoms with van der Waals surface area (Å²) in [5.41, 5.74) is 0.877. The lowest BCUT2D eigenvalue weighted by Crippen LogP contribution is -2.55. The molecule has 3 heterocycles. The maximum Gasteiger partial charge on any atom is 0.246 e. The molecule has 4 atom stereocenters. The lowest BCUT2D eigenvalue weighted by atomic mass is 10.0. The van der Waals surface area contributed by atoms with Crippen LogP contribution in [0.15, 0.2) is 30.3 Å². The Morgan fingerprint density at radius 3 is 2.48 bits per heavy atom. The van der Waals surface area contributed by atoms with Gasteiger partial charge in [0.2, 0.25) is 23.6 Å². The van der Waals surface area contributed by atoms with Gasteiger partial charge in [0.1, 0.15) is 17.8 Å². The normalized spacial score (nSPS) is 29.6. The zero-order valence-electron chi connectivity index (χ0n) is 18.5. The highest BCUT2D eigenvalue weighted by Gasteiger charge is 2.39. The smallest absolute Gasteiger partial charge is 0.246 e. The molecule has 0 bridgehead atoms. The first-order valence-corrected chi connectivity index (χ1v) is 13.0. The summed E-state index contributed by atoms with van der Waals surface area (Å²) in [5.74, 6) is -1.39. The third kappa shape index (κ3) is 5.61. The van der Waals surface area contributed by atoms with Crippen molar-refractivity contribution in [3.8, 4) is 0 Å². The second-order valence-electron chi connectivity index (χ2n) is 8.85. The van der Waals surface area contributed by atoms with Gasteiger partial charge in [-0.3, -0.25) is 23.4 Å². The molecule has 0 spiro atoms. The number of fused-ring (bicyclic) bond motifs is 2. The molecule has 2 N–H and O–H groups in total. The van der Waals surface area contributed by atoms with E-state index in [-0.39, 0.29) is 48.2 Å². The average molecular weight is 475 g/mol. The van der Waals surface area contributed by atoms with Gasteiger partial charge in [0, 0.05) is 42.1 Å². The number of amides is 4. The number of hydrogen-bond acceptors (Lipinski definition) is 5. The van der Waals surface area contributed by atoms with Crippen molar-refractivity contribution in [3.05, 3.63) is 35.9 Å². The highest BCUT2D eigenvalue weighted by Crippen LogP contribution is 2.21. The van der Waals surface area contributed by atoms with E-state index in [0.717, 1.165) is 18.4 Å². The van der Waals surface area contributed by atoms with Gasteiger partial charge in [-0.25, -0.2) is 0 Å². The molecule has 1 aromatic rings. The summed E-state index contributed by atoms with van der Waals surface area (Å²) in [6, 6.07) is 7.60. The van der Waals surface area contributed by atoms with E-state index in [4.69, 9.17) is 0 Å². The van der Waals surface area contributed by atoms with Gasteiger partial charge in [0.15, 0.2) is 0 Å². The molecular weight excluding hydrogens is 444 g/mol. The van der Waals surface area contributed by atoms with Crippen LogP contribution in [-0.2, 0) is 36.4 Å². The molecule has 1 aromatic carbocycles. The molecule has 4 amide bonds. The first-order chi connectivity index (χ1) is 15.9. The largest absolute Gasteiger partial charge is 0.345 e. The number of benzene rings is 1. The minimum Gasteiger partial charge on any atom is -0.345 e. The second-order valence-corrected chi connectivity index (χ2v) is 10.4. The molecule has 0 radical (unpaired) electrons. The molecule has 33 heavy (non-hydrogen) atoms. The van der Waals surface area contributed by atoms with Crippen molar-refractivity contribution in [3.63, 3.8) is 0 Å². The maximum atomic E-state index is 13.4. The number of nitrogens with one attached hydrogen (secondary N) is 2. The molecule has 9 nitrogen and oxygen atoms in total. The highest BCUT2D eigenvalue weighted by atomic mass is 32.2. The van der Waals surface area contributed by atoms with Crippen molar-refractivity contribution in [1.29, 1.82) is 0 Å². The van der Waals surface area contributed by atoms with E-state index >= 15 is 0 Å². The standard InChI is InChI=1S/C23H30N4O5S/c28-20-15-33(32)14-17-8-4-10-26(17)21(29)13-24-22(30)19-9-5-11-27(19)23(31)18(25-20)12-16-6-2-1-3-7-16/h1-3,6-7,17-19H,4-5,8-15H2,(H,24,30)(H,25,28)/t17-,18-,19-,33?/m0/s1. The summed E-state index contributed by atoms with van der Waals surface area (Å²) in [6.45, 7) is 0.813. The average Bonchev–Trinajstić information content (AvgIpc) is 3.46. The molecule has 178 valence electrons. The Bertz CT molecular complexity index is 940. The maximum absolute atomic E-state index is 13.4. The van der Waals surface area contributed by atoms with Crippen LogP contribution >= 0.6 is 0 Å². The van der Waals surface area contributed by atoms with Crippen LogP contribution in [0.1, 0.15) is 31.2 Å². The van der Waals surface area contributed by atoms with E-state index in [1.165, 1.54) is 4.90 Å². The Balaban J connectivity index is 1.59. The van der Waals surface area contributed by atoms with Crippen LogP contribution in [0.5, 0.6) is 0 Å². The van der Waals surface area contributed by atoms with Gasteiger partial charge in [-0.15, -0.1) is 0 Å². The monoisotopic (exact) mass is 474 g/mol. The van der Waals surface area contributed by atoms with Gasteiger partial charge in [0.25, 0.3) is 0 Å². The van der Waals surface area contributed by atoms with E-state index in [1.807, 2.05) is 30.3 Å². The van der Waals surface area contributed by atoms with Crippen molar-refractivity contribution in [2.24, 2.45) is 0 Å². The number of carbonyl (C=O) groups is 4. The first kappa shape index (κ1) is 23.4. The summed E-state index contributed by atoms with van der Waals surface area (Å²) < 4.78 is 12.7.